The van der Waals surface area contributed by atoms with Crippen molar-refractivity contribution in [3.05, 3.63) is 70.7 Å². The first kappa shape index (κ1) is 17.9. The van der Waals surface area contributed by atoms with Gasteiger partial charge in [-0.05, 0) is 23.3 Å². The van der Waals surface area contributed by atoms with Crippen LogP contribution in [0.4, 0.5) is 0 Å². The van der Waals surface area contributed by atoms with Gasteiger partial charge in [-0.1, -0.05) is 54.1 Å². The van der Waals surface area contributed by atoms with E-state index in [-0.39, 0.29) is 18.3 Å². The highest BCUT2D eigenvalue weighted by atomic mass is 35.5. The minimum Gasteiger partial charge on any atom is -0.387 e. The zero-order valence-corrected chi connectivity index (χ0v) is 14.4. The van der Waals surface area contributed by atoms with E-state index in [1.165, 1.54) is 6.26 Å². The number of nitrogens with one attached hydrogen (secondary N) is 1. The first-order chi connectivity index (χ1) is 10.8. The maximum atomic E-state index is 11.6. The Hall–Kier alpha value is -1.40. The molecule has 0 aliphatic carbocycles. The van der Waals surface area contributed by atoms with Crippen molar-refractivity contribution in [2.75, 3.05) is 18.6 Å². The van der Waals surface area contributed by atoms with Crippen LogP contribution in [0.25, 0.3) is 0 Å². The zero-order chi connectivity index (χ0) is 16.9. The molecule has 4 nitrogen and oxygen atoms in total. The maximum Gasteiger partial charge on any atom is 0.149 e. The second-order valence-electron chi connectivity index (χ2n) is 5.53. The molecule has 2 aromatic carbocycles. The van der Waals surface area contributed by atoms with Gasteiger partial charge in [0.2, 0.25) is 0 Å². The molecule has 124 valence electrons. The van der Waals surface area contributed by atoms with Crippen LogP contribution in [0.15, 0.2) is 54.6 Å². The summed E-state index contributed by atoms with van der Waals surface area (Å²) in [6.07, 6.45) is 0.471. The first-order valence-corrected chi connectivity index (χ1v) is 9.68. The van der Waals surface area contributed by atoms with Crippen LogP contribution < -0.4 is 5.32 Å². The van der Waals surface area contributed by atoms with E-state index >= 15 is 0 Å². The summed E-state index contributed by atoms with van der Waals surface area (Å²) in [7, 11) is -3.15. The molecule has 0 aliphatic heterocycles. The topological polar surface area (TPSA) is 66.4 Å². The molecule has 0 radical (unpaired) electrons. The Labute approximate surface area is 142 Å². The third-order valence-corrected chi connectivity index (χ3v) is 4.67. The van der Waals surface area contributed by atoms with Crippen LogP contribution in [0.3, 0.4) is 0 Å². The number of rotatable bonds is 7. The van der Waals surface area contributed by atoms with E-state index in [4.69, 9.17) is 11.6 Å². The van der Waals surface area contributed by atoms with Crippen LogP contribution in [0, 0.1) is 0 Å². The Balaban J connectivity index is 2.07. The van der Waals surface area contributed by atoms with E-state index in [1.54, 1.807) is 24.3 Å². The molecule has 0 aromatic heterocycles. The molecule has 23 heavy (non-hydrogen) atoms. The average Bonchev–Trinajstić information content (AvgIpc) is 2.51. The lowest BCUT2D eigenvalue weighted by Gasteiger charge is -2.21. The standard InChI is InChI=1S/C17H20ClNO3S/c1-23(21,22)12-16(13-5-3-2-4-6-13)19-11-17(20)14-7-9-15(18)10-8-14/h2-10,16-17,19-20H,11-12H2,1H3/t16?,17-/m1/s1. The number of aliphatic hydroxyl groups is 1. The van der Waals surface area contributed by atoms with E-state index in [0.29, 0.717) is 5.02 Å². The SMILES string of the molecule is CS(=O)(=O)CC(NC[C@@H](O)c1ccc(Cl)cc1)c1ccccc1. The van der Waals surface area contributed by atoms with E-state index in [0.717, 1.165) is 11.1 Å². The summed E-state index contributed by atoms with van der Waals surface area (Å²) in [5.41, 5.74) is 1.61. The largest absolute Gasteiger partial charge is 0.387 e. The van der Waals surface area contributed by atoms with Gasteiger partial charge in [0.05, 0.1) is 11.9 Å². The number of aliphatic hydroxyl groups excluding tert-OH is 1. The van der Waals surface area contributed by atoms with Gasteiger partial charge in [0.15, 0.2) is 0 Å². The van der Waals surface area contributed by atoms with Crippen molar-refractivity contribution in [3.63, 3.8) is 0 Å². The number of benzene rings is 2. The van der Waals surface area contributed by atoms with Crippen LogP contribution in [0.1, 0.15) is 23.3 Å². The molecular weight excluding hydrogens is 334 g/mol. The van der Waals surface area contributed by atoms with E-state index in [2.05, 4.69) is 5.32 Å². The fourth-order valence-corrected chi connectivity index (χ4v) is 3.36. The lowest BCUT2D eigenvalue weighted by atomic mass is 10.1. The van der Waals surface area contributed by atoms with Gasteiger partial charge in [0, 0.05) is 23.9 Å². The molecule has 1 unspecified atom stereocenters. The van der Waals surface area contributed by atoms with Gasteiger partial charge < -0.3 is 10.4 Å². The van der Waals surface area contributed by atoms with Gasteiger partial charge >= 0.3 is 0 Å². The summed E-state index contributed by atoms with van der Waals surface area (Å²) in [6, 6.07) is 15.9. The highest BCUT2D eigenvalue weighted by Gasteiger charge is 2.18. The Bertz CT molecular complexity index is 717. The second kappa shape index (κ2) is 7.93. The lowest BCUT2D eigenvalue weighted by molar-refractivity contribution is 0.171. The molecule has 0 saturated heterocycles. The second-order valence-corrected chi connectivity index (χ2v) is 8.15. The van der Waals surface area contributed by atoms with Crippen LogP contribution in [-0.2, 0) is 9.84 Å². The van der Waals surface area contributed by atoms with Crippen molar-refractivity contribution < 1.29 is 13.5 Å². The third kappa shape index (κ3) is 5.95. The molecule has 0 spiro atoms. The molecule has 0 heterocycles. The molecule has 0 amide bonds. The van der Waals surface area contributed by atoms with Gasteiger partial charge in [-0.15, -0.1) is 0 Å². The number of hydrogen-bond donors (Lipinski definition) is 2. The van der Waals surface area contributed by atoms with Crippen molar-refractivity contribution in [2.45, 2.75) is 12.1 Å². The lowest BCUT2D eigenvalue weighted by Crippen LogP contribution is -2.31. The Morgan fingerprint density at radius 3 is 2.22 bits per heavy atom. The van der Waals surface area contributed by atoms with Crippen LogP contribution in [0.5, 0.6) is 0 Å². The van der Waals surface area contributed by atoms with Crippen LogP contribution >= 0.6 is 11.6 Å². The minimum atomic E-state index is -3.15. The highest BCUT2D eigenvalue weighted by molar-refractivity contribution is 7.90. The summed E-state index contributed by atoms with van der Waals surface area (Å²) >= 11 is 5.83. The zero-order valence-electron chi connectivity index (χ0n) is 12.8. The van der Waals surface area contributed by atoms with Crippen molar-refractivity contribution >= 4 is 21.4 Å². The molecule has 0 fully saturated rings. The van der Waals surface area contributed by atoms with Crippen LogP contribution in [-0.4, -0.2) is 32.1 Å². The third-order valence-electron chi connectivity index (χ3n) is 3.48. The summed E-state index contributed by atoms with van der Waals surface area (Å²) in [5, 5.41) is 14.0. The van der Waals surface area contributed by atoms with Crippen molar-refractivity contribution in [1.29, 1.82) is 0 Å². The van der Waals surface area contributed by atoms with Gasteiger partial charge in [0.25, 0.3) is 0 Å². The molecule has 0 aliphatic rings. The van der Waals surface area contributed by atoms with E-state index in [1.807, 2.05) is 30.3 Å². The molecule has 0 bridgehead atoms. The molecule has 2 aromatic rings. The fourth-order valence-electron chi connectivity index (χ4n) is 2.32. The van der Waals surface area contributed by atoms with Gasteiger partial charge in [0.1, 0.15) is 9.84 Å². The summed E-state index contributed by atoms with van der Waals surface area (Å²) in [5.74, 6) is -0.0235. The van der Waals surface area contributed by atoms with E-state index in [9.17, 15) is 13.5 Å². The Morgan fingerprint density at radius 1 is 1.04 bits per heavy atom. The normalized spacial score (nSPS) is 14.4. The minimum absolute atomic E-state index is 0.0235. The monoisotopic (exact) mass is 353 g/mol. The molecule has 2 rings (SSSR count). The number of sulfone groups is 1. The highest BCUT2D eigenvalue weighted by Crippen LogP contribution is 2.19. The molecule has 0 saturated carbocycles. The first-order valence-electron chi connectivity index (χ1n) is 7.25. The quantitative estimate of drug-likeness (QED) is 0.803. The van der Waals surface area contributed by atoms with Crippen LogP contribution in [0.2, 0.25) is 5.02 Å². The van der Waals surface area contributed by atoms with Crippen molar-refractivity contribution in [2.24, 2.45) is 0 Å². The van der Waals surface area contributed by atoms with Crippen molar-refractivity contribution in [1.82, 2.24) is 5.32 Å². The molecule has 6 heteroatoms. The smallest absolute Gasteiger partial charge is 0.149 e. The fraction of sp³-hybridized carbons (Fsp3) is 0.294. The van der Waals surface area contributed by atoms with Crippen molar-refractivity contribution in [3.8, 4) is 0 Å². The van der Waals surface area contributed by atoms with E-state index < -0.39 is 15.9 Å². The summed E-state index contributed by atoms with van der Waals surface area (Å²) in [6.45, 7) is 0.247. The summed E-state index contributed by atoms with van der Waals surface area (Å²) < 4.78 is 23.3. The number of hydrogen-bond acceptors (Lipinski definition) is 4. The average molecular weight is 354 g/mol. The van der Waals surface area contributed by atoms with Gasteiger partial charge in [-0.2, -0.15) is 0 Å². The molecular formula is C17H20ClNO3S. The summed E-state index contributed by atoms with van der Waals surface area (Å²) in [4.78, 5) is 0. The molecule has 2 N–H and O–H groups in total. The maximum absolute atomic E-state index is 11.6. The predicted octanol–water partition coefficient (Wildman–Crippen LogP) is 2.75. The predicted molar refractivity (Wildman–Crippen MR) is 93.3 cm³/mol. The van der Waals surface area contributed by atoms with Gasteiger partial charge in [-0.3, -0.25) is 0 Å². The van der Waals surface area contributed by atoms with Gasteiger partial charge in [-0.25, -0.2) is 8.42 Å². The Kier molecular flexibility index (Phi) is 6.18. The Morgan fingerprint density at radius 2 is 1.65 bits per heavy atom. The molecule has 2 atom stereocenters. The number of halogens is 1.